The van der Waals surface area contributed by atoms with E-state index in [1.165, 1.54) is 5.56 Å². The van der Waals surface area contributed by atoms with Crippen LogP contribution in [0, 0.1) is 0 Å². The smallest absolute Gasteiger partial charge is 0.142 e. The SMILES string of the molecule is CN(CCOc1ccccc1-c1nc(-c2ccccc2)c(-c2ccccc2)[nH]1)Cc1ccc(Cl)cc1. The molecule has 0 aliphatic rings. The quantitative estimate of drug-likeness (QED) is 0.230. The number of halogens is 1. The monoisotopic (exact) mass is 493 g/mol. The van der Waals surface area contributed by atoms with Crippen LogP contribution in [-0.2, 0) is 6.54 Å². The Kier molecular flexibility index (Phi) is 7.46. The van der Waals surface area contributed by atoms with Gasteiger partial charge in [-0.3, -0.25) is 4.90 Å². The number of H-pyrrole nitrogens is 1. The lowest BCUT2D eigenvalue weighted by Gasteiger charge is -2.18. The predicted molar refractivity (Wildman–Crippen MR) is 148 cm³/mol. The molecule has 0 saturated carbocycles. The lowest BCUT2D eigenvalue weighted by molar-refractivity contribution is 0.233. The van der Waals surface area contributed by atoms with Gasteiger partial charge in [-0.05, 0) is 36.9 Å². The average molecular weight is 494 g/mol. The van der Waals surface area contributed by atoms with Gasteiger partial charge < -0.3 is 9.72 Å². The maximum Gasteiger partial charge on any atom is 0.142 e. The second kappa shape index (κ2) is 11.3. The minimum atomic E-state index is 0.568. The van der Waals surface area contributed by atoms with E-state index in [0.717, 1.165) is 57.8 Å². The van der Waals surface area contributed by atoms with Crippen molar-refractivity contribution < 1.29 is 4.74 Å². The lowest BCUT2D eigenvalue weighted by atomic mass is 10.1. The second-order valence-corrected chi connectivity index (χ2v) is 9.19. The van der Waals surface area contributed by atoms with Gasteiger partial charge in [0.1, 0.15) is 18.2 Å². The van der Waals surface area contributed by atoms with Crippen molar-refractivity contribution in [1.82, 2.24) is 14.9 Å². The first-order valence-electron chi connectivity index (χ1n) is 12.0. The van der Waals surface area contributed by atoms with Gasteiger partial charge >= 0.3 is 0 Å². The maximum absolute atomic E-state index is 6.26. The number of hydrogen-bond donors (Lipinski definition) is 1. The van der Waals surface area contributed by atoms with E-state index in [4.69, 9.17) is 21.3 Å². The summed E-state index contributed by atoms with van der Waals surface area (Å²) in [6.45, 7) is 2.19. The van der Waals surface area contributed by atoms with Gasteiger partial charge in [-0.15, -0.1) is 0 Å². The number of hydrogen-bond acceptors (Lipinski definition) is 3. The number of aromatic amines is 1. The first-order chi connectivity index (χ1) is 17.7. The number of rotatable bonds is 9. The van der Waals surface area contributed by atoms with Gasteiger partial charge in [-0.25, -0.2) is 4.98 Å². The Labute approximate surface area is 217 Å². The molecule has 0 unspecified atom stereocenters. The normalized spacial score (nSPS) is 11.1. The summed E-state index contributed by atoms with van der Waals surface area (Å²) in [7, 11) is 2.09. The van der Waals surface area contributed by atoms with Gasteiger partial charge in [0.25, 0.3) is 0 Å². The summed E-state index contributed by atoms with van der Waals surface area (Å²) in [5.41, 5.74) is 6.25. The average Bonchev–Trinajstić information content (AvgIpc) is 3.37. The number of likely N-dealkylation sites (N-methyl/N-ethyl adjacent to an activating group) is 1. The fourth-order valence-corrected chi connectivity index (χ4v) is 4.33. The number of nitrogens with zero attached hydrogens (tertiary/aromatic N) is 2. The van der Waals surface area contributed by atoms with Crippen LogP contribution in [0.5, 0.6) is 5.75 Å². The molecule has 0 fully saturated rings. The van der Waals surface area contributed by atoms with Crippen LogP contribution in [0.15, 0.2) is 109 Å². The third kappa shape index (κ3) is 5.68. The summed E-state index contributed by atoms with van der Waals surface area (Å²) in [4.78, 5) is 10.9. The van der Waals surface area contributed by atoms with Gasteiger partial charge in [0.15, 0.2) is 0 Å². The summed E-state index contributed by atoms with van der Waals surface area (Å²) in [5, 5.41) is 0.755. The van der Waals surface area contributed by atoms with Crippen LogP contribution >= 0.6 is 11.6 Å². The molecule has 0 aliphatic heterocycles. The highest BCUT2D eigenvalue weighted by molar-refractivity contribution is 6.30. The minimum absolute atomic E-state index is 0.568. The van der Waals surface area contributed by atoms with Crippen molar-refractivity contribution in [2.75, 3.05) is 20.2 Å². The van der Waals surface area contributed by atoms with E-state index in [9.17, 15) is 0 Å². The number of aromatic nitrogens is 2. The molecular formula is C31H28ClN3O. The lowest BCUT2D eigenvalue weighted by Crippen LogP contribution is -2.23. The molecule has 0 amide bonds. The van der Waals surface area contributed by atoms with Gasteiger partial charge in [-0.2, -0.15) is 0 Å². The van der Waals surface area contributed by atoms with Crippen LogP contribution in [0.2, 0.25) is 5.02 Å². The van der Waals surface area contributed by atoms with Gasteiger partial charge in [0.2, 0.25) is 0 Å². The number of imidazole rings is 1. The van der Waals surface area contributed by atoms with E-state index >= 15 is 0 Å². The fraction of sp³-hybridized carbons (Fsp3) is 0.129. The van der Waals surface area contributed by atoms with Crippen molar-refractivity contribution in [3.05, 3.63) is 120 Å². The molecule has 0 radical (unpaired) electrons. The Balaban J connectivity index is 1.36. The Morgan fingerprint density at radius 2 is 1.42 bits per heavy atom. The topological polar surface area (TPSA) is 41.1 Å². The summed E-state index contributed by atoms with van der Waals surface area (Å²) >= 11 is 6.00. The van der Waals surface area contributed by atoms with Crippen LogP contribution in [0.4, 0.5) is 0 Å². The number of benzene rings is 4. The largest absolute Gasteiger partial charge is 0.491 e. The molecule has 180 valence electrons. The summed E-state index contributed by atoms with van der Waals surface area (Å²) < 4.78 is 6.26. The molecule has 0 aliphatic carbocycles. The molecule has 0 bridgehead atoms. The Morgan fingerprint density at radius 3 is 2.14 bits per heavy atom. The minimum Gasteiger partial charge on any atom is -0.491 e. The van der Waals surface area contributed by atoms with Crippen LogP contribution < -0.4 is 4.74 Å². The van der Waals surface area contributed by atoms with E-state index in [1.807, 2.05) is 66.7 Å². The zero-order chi connectivity index (χ0) is 24.7. The molecule has 0 spiro atoms. The molecule has 5 aromatic rings. The molecule has 0 atom stereocenters. The first kappa shape index (κ1) is 23.9. The summed E-state index contributed by atoms with van der Waals surface area (Å²) in [6, 6.07) is 36.6. The Hall–Kier alpha value is -3.86. The fourth-order valence-electron chi connectivity index (χ4n) is 4.20. The van der Waals surface area contributed by atoms with E-state index < -0.39 is 0 Å². The van der Waals surface area contributed by atoms with Crippen molar-refractivity contribution in [1.29, 1.82) is 0 Å². The predicted octanol–water partition coefficient (Wildman–Crippen LogP) is 7.57. The van der Waals surface area contributed by atoms with Crippen molar-refractivity contribution in [2.45, 2.75) is 6.54 Å². The number of para-hydroxylation sites is 1. The Bertz CT molecular complexity index is 1340. The van der Waals surface area contributed by atoms with Crippen molar-refractivity contribution in [3.63, 3.8) is 0 Å². The summed E-state index contributed by atoms with van der Waals surface area (Å²) in [6.07, 6.45) is 0. The molecule has 1 aromatic heterocycles. The van der Waals surface area contributed by atoms with Gasteiger partial charge in [0.05, 0.1) is 17.0 Å². The number of nitrogens with one attached hydrogen (secondary N) is 1. The molecule has 36 heavy (non-hydrogen) atoms. The van der Waals surface area contributed by atoms with Crippen molar-refractivity contribution in [2.24, 2.45) is 0 Å². The van der Waals surface area contributed by atoms with Gasteiger partial charge in [0, 0.05) is 29.2 Å². The highest BCUT2D eigenvalue weighted by atomic mass is 35.5. The molecular weight excluding hydrogens is 466 g/mol. The van der Waals surface area contributed by atoms with Crippen LogP contribution in [-0.4, -0.2) is 35.1 Å². The van der Waals surface area contributed by atoms with Gasteiger partial charge in [-0.1, -0.05) is 96.5 Å². The molecule has 0 saturated heterocycles. The summed E-state index contributed by atoms with van der Waals surface area (Å²) in [5.74, 6) is 1.60. The molecule has 4 aromatic carbocycles. The Morgan fingerprint density at radius 1 is 0.778 bits per heavy atom. The zero-order valence-corrected chi connectivity index (χ0v) is 21.0. The zero-order valence-electron chi connectivity index (χ0n) is 20.2. The van der Waals surface area contributed by atoms with Crippen LogP contribution in [0.25, 0.3) is 33.9 Å². The molecule has 1 heterocycles. The first-order valence-corrected chi connectivity index (χ1v) is 12.4. The van der Waals surface area contributed by atoms with E-state index in [1.54, 1.807) is 0 Å². The van der Waals surface area contributed by atoms with E-state index in [-0.39, 0.29) is 0 Å². The third-order valence-corrected chi connectivity index (χ3v) is 6.30. The molecule has 5 heteroatoms. The molecule has 1 N–H and O–H groups in total. The van der Waals surface area contributed by atoms with E-state index in [2.05, 4.69) is 59.4 Å². The molecule has 4 nitrogen and oxygen atoms in total. The highest BCUT2D eigenvalue weighted by Crippen LogP contribution is 2.35. The number of ether oxygens (including phenoxy) is 1. The second-order valence-electron chi connectivity index (χ2n) is 8.75. The molecule has 5 rings (SSSR count). The van der Waals surface area contributed by atoms with Crippen LogP contribution in [0.1, 0.15) is 5.56 Å². The van der Waals surface area contributed by atoms with E-state index in [0.29, 0.717) is 6.61 Å². The van der Waals surface area contributed by atoms with Crippen LogP contribution in [0.3, 0.4) is 0 Å². The maximum atomic E-state index is 6.26. The highest BCUT2D eigenvalue weighted by Gasteiger charge is 2.17. The standard InChI is InChI=1S/C31H28ClN3O/c1-35(22-23-16-18-26(32)19-17-23)20-21-36-28-15-9-8-14-27(28)31-33-29(24-10-4-2-5-11-24)30(34-31)25-12-6-3-7-13-25/h2-19H,20-22H2,1H3,(H,33,34). The van der Waals surface area contributed by atoms with Crippen molar-refractivity contribution in [3.8, 4) is 39.7 Å². The van der Waals surface area contributed by atoms with Crippen molar-refractivity contribution >= 4 is 11.6 Å². The third-order valence-electron chi connectivity index (χ3n) is 6.05.